The zero-order chi connectivity index (χ0) is 8.97. The van der Waals surface area contributed by atoms with Gasteiger partial charge < -0.3 is 4.79 Å². The number of aldehydes is 1. The first-order valence-electron chi connectivity index (χ1n) is 3.87. The van der Waals surface area contributed by atoms with Gasteiger partial charge in [-0.25, -0.2) is 0 Å². The van der Waals surface area contributed by atoms with Crippen molar-refractivity contribution in [2.24, 2.45) is 0 Å². The van der Waals surface area contributed by atoms with Gasteiger partial charge >= 0.3 is 0 Å². The van der Waals surface area contributed by atoms with Crippen LogP contribution in [0.15, 0.2) is 23.1 Å². The highest BCUT2D eigenvalue weighted by Gasteiger charge is 1.97. The average Bonchev–Trinajstić information content (AvgIpc) is 2.03. The molecule has 0 unspecified atom stereocenters. The van der Waals surface area contributed by atoms with E-state index >= 15 is 0 Å². The normalized spacial score (nSPS) is 9.83. The van der Waals surface area contributed by atoms with Crippen molar-refractivity contribution in [2.45, 2.75) is 18.7 Å². The second-order valence-electron chi connectivity index (χ2n) is 2.75. The first-order valence-corrected chi connectivity index (χ1v) is 4.86. The molecule has 12 heavy (non-hydrogen) atoms. The van der Waals surface area contributed by atoms with Crippen molar-refractivity contribution in [3.8, 4) is 0 Å². The molecule has 0 saturated heterocycles. The first kappa shape index (κ1) is 9.33. The monoisotopic (exact) mass is 180 g/mol. The van der Waals surface area contributed by atoms with E-state index in [-0.39, 0.29) is 0 Å². The van der Waals surface area contributed by atoms with Crippen LogP contribution >= 0.6 is 11.8 Å². The molecule has 1 rings (SSSR count). The molecule has 64 valence electrons. The molecular formula is C10H12OS. The van der Waals surface area contributed by atoms with Crippen molar-refractivity contribution in [3.63, 3.8) is 0 Å². The van der Waals surface area contributed by atoms with Gasteiger partial charge in [-0.05, 0) is 25.5 Å². The van der Waals surface area contributed by atoms with Gasteiger partial charge in [0.15, 0.2) is 0 Å². The van der Waals surface area contributed by atoms with Gasteiger partial charge in [0.25, 0.3) is 0 Å². The van der Waals surface area contributed by atoms with Crippen LogP contribution in [-0.2, 0) is 4.79 Å². The molecule has 0 aromatic heterocycles. The summed E-state index contributed by atoms with van der Waals surface area (Å²) in [6.07, 6.45) is 0.934. The van der Waals surface area contributed by atoms with E-state index in [9.17, 15) is 4.79 Å². The smallest absolute Gasteiger partial charge is 0.130 e. The summed E-state index contributed by atoms with van der Waals surface area (Å²) in [5, 5.41) is 0. The van der Waals surface area contributed by atoms with E-state index in [0.717, 1.165) is 6.29 Å². The molecule has 1 aromatic carbocycles. The van der Waals surface area contributed by atoms with Crippen LogP contribution in [-0.4, -0.2) is 12.0 Å². The topological polar surface area (TPSA) is 17.1 Å². The Morgan fingerprint density at radius 2 is 2.17 bits per heavy atom. The first-order chi connectivity index (χ1) is 5.74. The molecule has 1 aromatic rings. The predicted octanol–water partition coefficient (Wildman–Crippen LogP) is 2.59. The predicted molar refractivity (Wildman–Crippen MR) is 52.7 cm³/mol. The van der Waals surface area contributed by atoms with E-state index in [1.165, 1.54) is 16.0 Å². The largest absolute Gasteiger partial charge is 0.302 e. The van der Waals surface area contributed by atoms with Gasteiger partial charge in [-0.2, -0.15) is 0 Å². The summed E-state index contributed by atoms with van der Waals surface area (Å²) in [7, 11) is 0. The standard InChI is InChI=1S/C10H12OS/c1-8-3-4-10(9(2)7-8)12-6-5-11/h3-5,7H,6H2,1-2H3. The molecule has 0 aliphatic heterocycles. The third-order valence-corrected chi connectivity index (χ3v) is 2.71. The number of rotatable bonds is 3. The van der Waals surface area contributed by atoms with Gasteiger partial charge in [0.1, 0.15) is 6.29 Å². The van der Waals surface area contributed by atoms with Crippen LogP contribution in [0.2, 0.25) is 0 Å². The Labute approximate surface area is 77.2 Å². The summed E-state index contributed by atoms with van der Waals surface area (Å²) in [5.41, 5.74) is 2.52. The molecule has 0 heterocycles. The molecule has 0 aliphatic carbocycles. The quantitative estimate of drug-likeness (QED) is 0.525. The maximum atomic E-state index is 10.1. The van der Waals surface area contributed by atoms with Gasteiger partial charge in [0.05, 0.1) is 5.75 Å². The van der Waals surface area contributed by atoms with E-state index < -0.39 is 0 Å². The highest BCUT2D eigenvalue weighted by molar-refractivity contribution is 8.00. The lowest BCUT2D eigenvalue weighted by Crippen LogP contribution is -1.84. The second-order valence-corrected chi connectivity index (χ2v) is 3.81. The van der Waals surface area contributed by atoms with Crippen LogP contribution in [0.25, 0.3) is 0 Å². The van der Waals surface area contributed by atoms with E-state index in [1.807, 2.05) is 0 Å². The summed E-state index contributed by atoms with van der Waals surface area (Å²) < 4.78 is 0. The lowest BCUT2D eigenvalue weighted by atomic mass is 10.2. The number of hydrogen-bond donors (Lipinski definition) is 0. The van der Waals surface area contributed by atoms with Crippen molar-refractivity contribution >= 4 is 18.0 Å². The van der Waals surface area contributed by atoms with Crippen molar-refractivity contribution in [2.75, 3.05) is 5.75 Å². The fourth-order valence-corrected chi connectivity index (χ4v) is 1.78. The van der Waals surface area contributed by atoms with Crippen molar-refractivity contribution in [1.29, 1.82) is 0 Å². The van der Waals surface area contributed by atoms with E-state index in [2.05, 4.69) is 32.0 Å². The van der Waals surface area contributed by atoms with Crippen LogP contribution in [0.1, 0.15) is 11.1 Å². The molecule has 0 spiro atoms. The van der Waals surface area contributed by atoms with E-state index in [1.54, 1.807) is 11.8 Å². The van der Waals surface area contributed by atoms with E-state index in [4.69, 9.17) is 0 Å². The Morgan fingerprint density at radius 3 is 2.75 bits per heavy atom. The molecule has 0 aliphatic rings. The average molecular weight is 180 g/mol. The van der Waals surface area contributed by atoms with Crippen LogP contribution in [0.4, 0.5) is 0 Å². The van der Waals surface area contributed by atoms with Crippen LogP contribution < -0.4 is 0 Å². The van der Waals surface area contributed by atoms with Crippen LogP contribution in [0, 0.1) is 13.8 Å². The molecule has 0 atom stereocenters. The van der Waals surface area contributed by atoms with Gasteiger partial charge in [-0.1, -0.05) is 17.7 Å². The Kier molecular flexibility index (Phi) is 3.35. The van der Waals surface area contributed by atoms with Crippen molar-refractivity contribution < 1.29 is 4.79 Å². The molecule has 0 fully saturated rings. The molecule has 0 saturated carbocycles. The molecule has 2 heteroatoms. The van der Waals surface area contributed by atoms with Crippen LogP contribution in [0.3, 0.4) is 0 Å². The molecule has 0 amide bonds. The van der Waals surface area contributed by atoms with Crippen molar-refractivity contribution in [3.05, 3.63) is 29.3 Å². The Hall–Kier alpha value is -0.760. The number of thioether (sulfide) groups is 1. The van der Waals surface area contributed by atoms with Gasteiger partial charge in [0, 0.05) is 4.90 Å². The third-order valence-electron chi connectivity index (χ3n) is 1.64. The Balaban J connectivity index is 2.78. The number of aryl methyl sites for hydroxylation is 2. The SMILES string of the molecule is Cc1ccc(SCC=O)c(C)c1. The number of carbonyl (C=O) groups excluding carboxylic acids is 1. The molecule has 0 N–H and O–H groups in total. The minimum absolute atomic E-state index is 0.546. The summed E-state index contributed by atoms with van der Waals surface area (Å²) in [6.45, 7) is 4.14. The minimum atomic E-state index is 0.546. The van der Waals surface area contributed by atoms with Crippen molar-refractivity contribution in [1.82, 2.24) is 0 Å². The lowest BCUT2D eigenvalue weighted by Gasteiger charge is -2.03. The number of benzene rings is 1. The second kappa shape index (κ2) is 4.31. The van der Waals surface area contributed by atoms with Gasteiger partial charge in [0.2, 0.25) is 0 Å². The maximum Gasteiger partial charge on any atom is 0.130 e. The van der Waals surface area contributed by atoms with Crippen LogP contribution in [0.5, 0.6) is 0 Å². The van der Waals surface area contributed by atoms with E-state index in [0.29, 0.717) is 5.75 Å². The highest BCUT2D eigenvalue weighted by atomic mass is 32.2. The highest BCUT2D eigenvalue weighted by Crippen LogP contribution is 2.21. The fraction of sp³-hybridized carbons (Fsp3) is 0.300. The third kappa shape index (κ3) is 2.38. The summed E-state index contributed by atoms with van der Waals surface area (Å²) in [4.78, 5) is 11.3. The summed E-state index contributed by atoms with van der Waals surface area (Å²) >= 11 is 1.59. The zero-order valence-electron chi connectivity index (χ0n) is 7.33. The maximum absolute atomic E-state index is 10.1. The Morgan fingerprint density at radius 1 is 1.42 bits per heavy atom. The van der Waals surface area contributed by atoms with Gasteiger partial charge in [-0.15, -0.1) is 11.8 Å². The Bertz CT molecular complexity index is 281. The molecule has 1 nitrogen and oxygen atoms in total. The summed E-state index contributed by atoms with van der Waals surface area (Å²) in [5.74, 6) is 0.546. The molecular weight excluding hydrogens is 168 g/mol. The molecule has 0 bridgehead atoms. The number of carbonyl (C=O) groups is 1. The zero-order valence-corrected chi connectivity index (χ0v) is 8.15. The minimum Gasteiger partial charge on any atom is -0.302 e. The molecule has 0 radical (unpaired) electrons. The summed E-state index contributed by atoms with van der Waals surface area (Å²) in [6, 6.07) is 6.27. The fourth-order valence-electron chi connectivity index (χ4n) is 1.09. The lowest BCUT2D eigenvalue weighted by molar-refractivity contribution is -0.105. The number of hydrogen-bond acceptors (Lipinski definition) is 2. The van der Waals surface area contributed by atoms with Gasteiger partial charge in [-0.3, -0.25) is 0 Å².